The highest BCUT2D eigenvalue weighted by molar-refractivity contribution is 9.10. The molecule has 0 unspecified atom stereocenters. The third-order valence-electron chi connectivity index (χ3n) is 4.59. The predicted octanol–water partition coefficient (Wildman–Crippen LogP) is 6.18. The van der Waals surface area contributed by atoms with Gasteiger partial charge in [-0.25, -0.2) is 18.7 Å². The van der Waals surface area contributed by atoms with Gasteiger partial charge in [0.1, 0.15) is 16.2 Å². The third kappa shape index (κ3) is 8.58. The summed E-state index contributed by atoms with van der Waals surface area (Å²) in [6.45, 7) is 0. The van der Waals surface area contributed by atoms with Crippen LogP contribution >= 0.6 is 15.9 Å². The molecule has 203 valence electrons. The monoisotopic (exact) mass is 611 g/mol. The number of rotatable bonds is 3. The first-order chi connectivity index (χ1) is 17.6. The van der Waals surface area contributed by atoms with E-state index in [-0.39, 0.29) is 13.2 Å². The van der Waals surface area contributed by atoms with Gasteiger partial charge in [-0.1, -0.05) is 0 Å². The minimum atomic E-state index is -4.59. The standard InChI is InChI=1S/C11H8F4N2.C7H4BF4O2.C4H5BrN2/c1-17-6-16-5-10(17)8-3-2-7(4-9(8)12)11(13,14)15;9-5-3-4(7(10,11)12)1-2-6(5)14-8-13;1-7-3-6-2-4(7)5/h2-6H,1H3;1-3,13H;2-3H,1H3. The molecule has 0 bridgehead atoms. The van der Waals surface area contributed by atoms with Crippen molar-refractivity contribution in [3.8, 4) is 17.0 Å². The van der Waals surface area contributed by atoms with E-state index >= 15 is 0 Å². The summed E-state index contributed by atoms with van der Waals surface area (Å²) in [5, 5.41) is 8.14. The molecule has 4 rings (SSSR count). The number of alkyl halides is 6. The highest BCUT2D eigenvalue weighted by Crippen LogP contribution is 2.33. The van der Waals surface area contributed by atoms with Crippen molar-refractivity contribution in [1.29, 1.82) is 0 Å². The van der Waals surface area contributed by atoms with Gasteiger partial charge in [0, 0.05) is 19.7 Å². The fourth-order valence-electron chi connectivity index (χ4n) is 2.69. The average molecular weight is 612 g/mol. The molecule has 0 saturated carbocycles. The van der Waals surface area contributed by atoms with Crippen molar-refractivity contribution < 1.29 is 44.8 Å². The van der Waals surface area contributed by atoms with Crippen molar-refractivity contribution in [2.75, 3.05) is 0 Å². The average Bonchev–Trinajstić information content (AvgIpc) is 3.42. The van der Waals surface area contributed by atoms with Gasteiger partial charge >= 0.3 is 20.0 Å². The van der Waals surface area contributed by atoms with Crippen LogP contribution in [-0.4, -0.2) is 31.8 Å². The van der Waals surface area contributed by atoms with E-state index in [9.17, 15) is 35.1 Å². The lowest BCUT2D eigenvalue weighted by Crippen LogP contribution is -2.07. The van der Waals surface area contributed by atoms with Crippen molar-refractivity contribution >= 4 is 23.6 Å². The summed E-state index contributed by atoms with van der Waals surface area (Å²) >= 11 is 3.27. The van der Waals surface area contributed by atoms with Crippen LogP contribution in [0.15, 0.2) is 66.0 Å². The Labute approximate surface area is 220 Å². The Morgan fingerprint density at radius 3 is 1.71 bits per heavy atom. The summed E-state index contributed by atoms with van der Waals surface area (Å²) in [5.74, 6) is -2.57. The Morgan fingerprint density at radius 1 is 0.816 bits per heavy atom. The van der Waals surface area contributed by atoms with Crippen molar-refractivity contribution in [1.82, 2.24) is 19.1 Å². The predicted molar refractivity (Wildman–Crippen MR) is 125 cm³/mol. The summed E-state index contributed by atoms with van der Waals surface area (Å²) in [7, 11) is 3.75. The molecule has 16 heteroatoms. The highest BCUT2D eigenvalue weighted by atomic mass is 79.9. The Morgan fingerprint density at radius 2 is 1.34 bits per heavy atom. The molecule has 0 amide bonds. The molecule has 0 aliphatic rings. The fraction of sp³-hybridized carbons (Fsp3) is 0.182. The minimum absolute atomic E-state index is 0.0954. The fourth-order valence-corrected chi connectivity index (χ4v) is 2.90. The first-order valence-corrected chi connectivity index (χ1v) is 10.9. The van der Waals surface area contributed by atoms with Crippen molar-refractivity contribution in [2.24, 2.45) is 14.1 Å². The van der Waals surface area contributed by atoms with Crippen molar-refractivity contribution in [3.05, 3.63) is 88.8 Å². The number of halogens is 9. The largest absolute Gasteiger partial charge is 0.569 e. The highest BCUT2D eigenvalue weighted by Gasteiger charge is 2.32. The smallest absolute Gasteiger partial charge is 0.535 e. The summed E-state index contributed by atoms with van der Waals surface area (Å²) in [6, 6.07) is 4.18. The summed E-state index contributed by atoms with van der Waals surface area (Å²) < 4.78 is 108. The van der Waals surface area contributed by atoms with Gasteiger partial charge in [-0.2, -0.15) is 26.3 Å². The van der Waals surface area contributed by atoms with E-state index in [1.807, 2.05) is 11.6 Å². The number of hydrogen-bond donors (Lipinski definition) is 1. The van der Waals surface area contributed by atoms with E-state index in [2.05, 4.69) is 30.6 Å². The Balaban J connectivity index is 0.000000217. The van der Waals surface area contributed by atoms with Crippen LogP contribution in [0.3, 0.4) is 0 Å². The number of imidazole rings is 2. The molecule has 0 atom stereocenters. The topological polar surface area (TPSA) is 65.1 Å². The van der Waals surface area contributed by atoms with E-state index in [1.165, 1.54) is 17.1 Å². The maximum absolute atomic E-state index is 13.6. The number of nitrogens with zero attached hydrogens (tertiary/aromatic N) is 4. The van der Waals surface area contributed by atoms with Gasteiger partial charge in [0.25, 0.3) is 0 Å². The van der Waals surface area contributed by atoms with Gasteiger partial charge in [-0.15, -0.1) is 0 Å². The molecule has 2 aromatic heterocycles. The second-order valence-corrected chi connectivity index (χ2v) is 8.09. The van der Waals surface area contributed by atoms with Crippen LogP contribution in [0.1, 0.15) is 11.1 Å². The Bertz CT molecular complexity index is 1330. The molecule has 0 spiro atoms. The Hall–Kier alpha value is -3.40. The summed E-state index contributed by atoms with van der Waals surface area (Å²) in [6.07, 6.45) is -2.80. The van der Waals surface area contributed by atoms with Crippen LogP contribution in [0.25, 0.3) is 11.3 Å². The second kappa shape index (κ2) is 12.9. The van der Waals surface area contributed by atoms with E-state index in [4.69, 9.17) is 5.02 Å². The zero-order chi connectivity index (χ0) is 28.7. The van der Waals surface area contributed by atoms with E-state index in [1.54, 1.807) is 19.6 Å². The van der Waals surface area contributed by atoms with Gasteiger partial charge in [0.2, 0.25) is 0 Å². The van der Waals surface area contributed by atoms with Crippen molar-refractivity contribution in [3.63, 3.8) is 0 Å². The van der Waals surface area contributed by atoms with Crippen LogP contribution in [0.5, 0.6) is 5.75 Å². The zero-order valence-electron chi connectivity index (χ0n) is 19.4. The molecule has 1 radical (unpaired) electrons. The third-order valence-corrected chi connectivity index (χ3v) is 5.35. The molecule has 2 aromatic carbocycles. The molecule has 4 aromatic rings. The molecular weight excluding hydrogens is 595 g/mol. The van der Waals surface area contributed by atoms with Crippen LogP contribution in [0.4, 0.5) is 35.1 Å². The normalized spacial score (nSPS) is 11.2. The van der Waals surface area contributed by atoms with Crippen LogP contribution in [0, 0.1) is 11.6 Å². The summed E-state index contributed by atoms with van der Waals surface area (Å²) in [5.41, 5.74) is -1.59. The number of benzene rings is 2. The molecule has 38 heavy (non-hydrogen) atoms. The minimum Gasteiger partial charge on any atom is -0.535 e. The number of hydrogen-bond acceptors (Lipinski definition) is 4. The number of aromatic nitrogens is 4. The lowest BCUT2D eigenvalue weighted by atomic mass is 10.1. The first kappa shape index (κ1) is 30.8. The molecular formula is C22H17BBrF8N4O2. The lowest BCUT2D eigenvalue weighted by Gasteiger charge is -2.09. The molecule has 0 saturated heterocycles. The molecule has 0 fully saturated rings. The van der Waals surface area contributed by atoms with Gasteiger partial charge in [-0.3, -0.25) is 0 Å². The quantitative estimate of drug-likeness (QED) is 0.222. The first-order valence-electron chi connectivity index (χ1n) is 10.1. The van der Waals surface area contributed by atoms with Gasteiger partial charge < -0.3 is 18.8 Å². The molecule has 1 N–H and O–H groups in total. The zero-order valence-corrected chi connectivity index (χ0v) is 21.0. The lowest BCUT2D eigenvalue weighted by molar-refractivity contribution is -0.138. The molecule has 0 aliphatic carbocycles. The van der Waals surface area contributed by atoms with E-state index in [0.717, 1.165) is 22.8 Å². The Kier molecular flexibility index (Phi) is 10.5. The molecule has 2 heterocycles. The van der Waals surface area contributed by atoms with Gasteiger partial charge in [0.15, 0.2) is 5.82 Å². The maximum atomic E-state index is 13.6. The second-order valence-electron chi connectivity index (χ2n) is 7.28. The molecule has 6 nitrogen and oxygen atoms in total. The van der Waals surface area contributed by atoms with E-state index in [0.29, 0.717) is 23.9 Å². The van der Waals surface area contributed by atoms with Crippen LogP contribution in [-0.2, 0) is 26.4 Å². The summed E-state index contributed by atoms with van der Waals surface area (Å²) in [4.78, 5) is 7.62. The van der Waals surface area contributed by atoms with Gasteiger partial charge in [0.05, 0.1) is 41.9 Å². The number of aryl methyl sites for hydroxylation is 2. The maximum Gasteiger partial charge on any atom is 0.569 e. The van der Waals surface area contributed by atoms with E-state index < -0.39 is 40.9 Å². The SMILES string of the molecule is Cn1cncc1-c1ccc(C(F)(F)F)cc1F.Cn1cncc1Br.O[B]Oc1ccc(C(F)(F)F)cc1F. The molecule has 0 aliphatic heterocycles. The van der Waals surface area contributed by atoms with Gasteiger partial charge in [-0.05, 0) is 52.3 Å². The van der Waals surface area contributed by atoms with Crippen LogP contribution < -0.4 is 4.65 Å². The van der Waals surface area contributed by atoms with Crippen molar-refractivity contribution in [2.45, 2.75) is 12.4 Å². The van der Waals surface area contributed by atoms with Crippen LogP contribution in [0.2, 0.25) is 0 Å².